The van der Waals surface area contributed by atoms with Crippen molar-refractivity contribution in [3.8, 4) is 0 Å². The summed E-state index contributed by atoms with van der Waals surface area (Å²) in [5.41, 5.74) is 1.61. The molecule has 0 radical (unpaired) electrons. The third-order valence-electron chi connectivity index (χ3n) is 1.89. The Morgan fingerprint density at radius 2 is 2.15 bits per heavy atom. The van der Waals surface area contributed by atoms with Gasteiger partial charge in [-0.3, -0.25) is 0 Å². The van der Waals surface area contributed by atoms with E-state index in [4.69, 9.17) is 0 Å². The fraction of sp³-hybridized carbons (Fsp3) is 0.100. The fourth-order valence-electron chi connectivity index (χ4n) is 1.23. The quantitative estimate of drug-likeness (QED) is 0.746. The second-order valence-electron chi connectivity index (χ2n) is 2.85. The Labute approximate surface area is 75.4 Å². The van der Waals surface area contributed by atoms with Gasteiger partial charge in [0, 0.05) is 18.3 Å². The number of nitrogens with zero attached hydrogens (tertiary/aromatic N) is 1. The molecule has 1 heterocycles. The summed E-state index contributed by atoms with van der Waals surface area (Å²) in [6.45, 7) is 0. The maximum atomic E-state index is 13.1. The molecule has 3 heteroatoms. The van der Waals surface area contributed by atoms with E-state index in [0.717, 1.165) is 5.69 Å². The lowest BCUT2D eigenvalue weighted by atomic mass is 10.1. The van der Waals surface area contributed by atoms with Gasteiger partial charge in [0.2, 0.25) is 0 Å². The molecule has 1 aromatic carbocycles. The number of H-pyrrole nitrogens is 1. The van der Waals surface area contributed by atoms with Crippen LogP contribution in [-0.4, -0.2) is 9.97 Å². The van der Waals surface area contributed by atoms with Crippen LogP contribution in [0, 0.1) is 5.82 Å². The van der Waals surface area contributed by atoms with Crippen LogP contribution in [0.3, 0.4) is 0 Å². The molecule has 0 bridgehead atoms. The number of rotatable bonds is 2. The smallest absolute Gasteiger partial charge is 0.126 e. The Kier molecular flexibility index (Phi) is 2.08. The summed E-state index contributed by atoms with van der Waals surface area (Å²) in [5, 5.41) is 0. The van der Waals surface area contributed by atoms with E-state index in [9.17, 15) is 4.39 Å². The van der Waals surface area contributed by atoms with Crippen molar-refractivity contribution < 1.29 is 4.39 Å². The summed E-state index contributed by atoms with van der Waals surface area (Å²) in [4.78, 5) is 6.81. The summed E-state index contributed by atoms with van der Waals surface area (Å²) in [7, 11) is 0. The van der Waals surface area contributed by atoms with E-state index >= 15 is 0 Å². The lowest BCUT2D eigenvalue weighted by Gasteiger charge is -1.99. The van der Waals surface area contributed by atoms with Gasteiger partial charge in [-0.15, -0.1) is 0 Å². The first-order valence-corrected chi connectivity index (χ1v) is 4.07. The van der Waals surface area contributed by atoms with Crippen LogP contribution >= 0.6 is 0 Å². The zero-order chi connectivity index (χ0) is 9.10. The molecule has 66 valence electrons. The molecule has 0 amide bonds. The third-order valence-corrected chi connectivity index (χ3v) is 1.89. The molecule has 2 aromatic rings. The Morgan fingerprint density at radius 3 is 2.85 bits per heavy atom. The highest BCUT2D eigenvalue weighted by atomic mass is 19.1. The zero-order valence-electron chi connectivity index (χ0n) is 7.00. The summed E-state index contributed by atoms with van der Waals surface area (Å²) in [6, 6.07) is 6.75. The molecule has 0 fully saturated rings. The number of aromatic amines is 1. The number of benzene rings is 1. The van der Waals surface area contributed by atoms with Crippen LogP contribution in [0.4, 0.5) is 4.39 Å². The van der Waals surface area contributed by atoms with E-state index in [0.29, 0.717) is 12.0 Å². The van der Waals surface area contributed by atoms with E-state index in [1.54, 1.807) is 24.7 Å². The molecular weight excluding hydrogens is 167 g/mol. The standard InChI is InChI=1S/C10H9FN2/c11-10-4-2-1-3-8(10)5-9-6-12-7-13-9/h1-4,6-7H,5H2,(H,12,13). The molecule has 1 N–H and O–H groups in total. The van der Waals surface area contributed by atoms with Crippen molar-refractivity contribution >= 4 is 0 Å². The topological polar surface area (TPSA) is 28.7 Å². The molecule has 0 aliphatic rings. The molecule has 0 unspecified atom stereocenters. The maximum Gasteiger partial charge on any atom is 0.126 e. The van der Waals surface area contributed by atoms with Gasteiger partial charge >= 0.3 is 0 Å². The normalized spacial score (nSPS) is 10.2. The summed E-state index contributed by atoms with van der Waals surface area (Å²) in [6.07, 6.45) is 3.86. The van der Waals surface area contributed by atoms with E-state index < -0.39 is 0 Å². The van der Waals surface area contributed by atoms with Crippen LogP contribution in [-0.2, 0) is 6.42 Å². The molecule has 2 nitrogen and oxygen atoms in total. The zero-order valence-corrected chi connectivity index (χ0v) is 7.00. The summed E-state index contributed by atoms with van der Waals surface area (Å²) < 4.78 is 13.1. The molecule has 0 aliphatic heterocycles. The SMILES string of the molecule is Fc1ccccc1Cc1cnc[nH]1. The minimum Gasteiger partial charge on any atom is -0.348 e. The highest BCUT2D eigenvalue weighted by Crippen LogP contribution is 2.10. The van der Waals surface area contributed by atoms with Gasteiger partial charge < -0.3 is 4.98 Å². The number of imidazole rings is 1. The van der Waals surface area contributed by atoms with Crippen molar-refractivity contribution in [1.29, 1.82) is 0 Å². The second kappa shape index (κ2) is 3.39. The van der Waals surface area contributed by atoms with Crippen LogP contribution in [0.2, 0.25) is 0 Å². The minimum atomic E-state index is -0.169. The molecule has 0 aliphatic carbocycles. The van der Waals surface area contributed by atoms with E-state index in [1.165, 1.54) is 6.07 Å². The van der Waals surface area contributed by atoms with Crippen LogP contribution in [0.15, 0.2) is 36.8 Å². The van der Waals surface area contributed by atoms with Gasteiger partial charge in [-0.1, -0.05) is 18.2 Å². The highest BCUT2D eigenvalue weighted by Gasteiger charge is 2.01. The molecule has 0 atom stereocenters. The number of aromatic nitrogens is 2. The van der Waals surface area contributed by atoms with Gasteiger partial charge in [-0.25, -0.2) is 9.37 Å². The van der Waals surface area contributed by atoms with Crippen LogP contribution in [0.5, 0.6) is 0 Å². The number of nitrogens with one attached hydrogen (secondary N) is 1. The fourth-order valence-corrected chi connectivity index (χ4v) is 1.23. The maximum absolute atomic E-state index is 13.1. The Balaban J connectivity index is 2.24. The molecule has 0 spiro atoms. The first-order chi connectivity index (χ1) is 6.36. The van der Waals surface area contributed by atoms with Gasteiger partial charge in [-0.2, -0.15) is 0 Å². The number of hydrogen-bond acceptors (Lipinski definition) is 1. The van der Waals surface area contributed by atoms with Gasteiger partial charge in [0.15, 0.2) is 0 Å². The molecule has 0 saturated heterocycles. The van der Waals surface area contributed by atoms with Gasteiger partial charge in [0.1, 0.15) is 5.82 Å². The first kappa shape index (κ1) is 7.98. The van der Waals surface area contributed by atoms with Gasteiger partial charge in [0.25, 0.3) is 0 Å². The predicted molar refractivity (Wildman–Crippen MR) is 47.8 cm³/mol. The largest absolute Gasteiger partial charge is 0.348 e. The summed E-state index contributed by atoms with van der Waals surface area (Å²) >= 11 is 0. The number of halogens is 1. The summed E-state index contributed by atoms with van der Waals surface area (Å²) in [5.74, 6) is -0.169. The van der Waals surface area contributed by atoms with Crippen molar-refractivity contribution in [1.82, 2.24) is 9.97 Å². The minimum absolute atomic E-state index is 0.169. The average molecular weight is 176 g/mol. The van der Waals surface area contributed by atoms with Crippen LogP contribution < -0.4 is 0 Å². The van der Waals surface area contributed by atoms with Gasteiger partial charge in [0.05, 0.1) is 6.33 Å². The molecule has 13 heavy (non-hydrogen) atoms. The molecule has 1 aromatic heterocycles. The monoisotopic (exact) mass is 176 g/mol. The second-order valence-corrected chi connectivity index (χ2v) is 2.85. The first-order valence-electron chi connectivity index (χ1n) is 4.07. The molecule has 2 rings (SSSR count). The van der Waals surface area contributed by atoms with Crippen LogP contribution in [0.1, 0.15) is 11.3 Å². The van der Waals surface area contributed by atoms with Crippen LogP contribution in [0.25, 0.3) is 0 Å². The lowest BCUT2D eigenvalue weighted by molar-refractivity contribution is 0.613. The average Bonchev–Trinajstić information content (AvgIpc) is 2.61. The van der Waals surface area contributed by atoms with Gasteiger partial charge in [-0.05, 0) is 11.6 Å². The lowest BCUT2D eigenvalue weighted by Crippen LogP contribution is -1.91. The Hall–Kier alpha value is -1.64. The Bertz CT molecular complexity index is 382. The van der Waals surface area contributed by atoms with Crippen molar-refractivity contribution in [2.75, 3.05) is 0 Å². The van der Waals surface area contributed by atoms with Crippen molar-refractivity contribution in [2.24, 2.45) is 0 Å². The third kappa shape index (κ3) is 1.75. The predicted octanol–water partition coefficient (Wildman–Crippen LogP) is 2.14. The highest BCUT2D eigenvalue weighted by molar-refractivity contribution is 5.22. The van der Waals surface area contributed by atoms with E-state index in [2.05, 4.69) is 9.97 Å². The number of hydrogen-bond donors (Lipinski definition) is 1. The van der Waals surface area contributed by atoms with Crippen molar-refractivity contribution in [3.05, 3.63) is 53.9 Å². The van der Waals surface area contributed by atoms with Crippen molar-refractivity contribution in [3.63, 3.8) is 0 Å². The Morgan fingerprint density at radius 1 is 1.31 bits per heavy atom. The van der Waals surface area contributed by atoms with E-state index in [-0.39, 0.29) is 5.82 Å². The molecule has 0 saturated carbocycles. The molecular formula is C10H9FN2. The van der Waals surface area contributed by atoms with Crippen molar-refractivity contribution in [2.45, 2.75) is 6.42 Å². The van der Waals surface area contributed by atoms with E-state index in [1.807, 2.05) is 6.07 Å².